The highest BCUT2D eigenvalue weighted by atomic mass is 16.5. The van der Waals surface area contributed by atoms with E-state index in [1.165, 1.54) is 0 Å². The Morgan fingerprint density at radius 2 is 2.00 bits per heavy atom. The van der Waals surface area contributed by atoms with Gasteiger partial charge in [-0.1, -0.05) is 12.1 Å². The van der Waals surface area contributed by atoms with Crippen molar-refractivity contribution in [2.75, 3.05) is 46.4 Å². The maximum Gasteiger partial charge on any atom is 0.317 e. The topological polar surface area (TPSA) is 62.6 Å². The molecule has 1 N–H and O–H groups in total. The Hall–Kier alpha value is -2.12. The average Bonchev–Trinajstić information content (AvgIpc) is 2.94. The van der Waals surface area contributed by atoms with Crippen molar-refractivity contribution >= 4 is 17.1 Å². The van der Waals surface area contributed by atoms with Crippen LogP contribution in [0.2, 0.25) is 0 Å². The smallest absolute Gasteiger partial charge is 0.317 e. The molecule has 1 aliphatic rings. The second-order valence-corrected chi connectivity index (χ2v) is 6.06. The van der Waals surface area contributed by atoms with Crippen LogP contribution in [0.5, 0.6) is 0 Å². The van der Waals surface area contributed by atoms with Crippen molar-refractivity contribution in [1.29, 1.82) is 0 Å². The molecule has 0 saturated carbocycles. The summed E-state index contributed by atoms with van der Waals surface area (Å²) < 4.78 is 7.12. The minimum Gasteiger partial charge on any atom is -0.383 e. The van der Waals surface area contributed by atoms with Crippen LogP contribution in [0.1, 0.15) is 5.82 Å². The first-order valence-corrected chi connectivity index (χ1v) is 8.33. The molecule has 130 valence electrons. The number of piperazine rings is 1. The zero-order valence-corrected chi connectivity index (χ0v) is 14.4. The van der Waals surface area contributed by atoms with Crippen molar-refractivity contribution < 1.29 is 9.53 Å². The Bertz CT molecular complexity index is 691. The van der Waals surface area contributed by atoms with E-state index in [1.54, 1.807) is 7.11 Å². The van der Waals surface area contributed by atoms with Crippen molar-refractivity contribution in [2.45, 2.75) is 6.54 Å². The van der Waals surface area contributed by atoms with Crippen LogP contribution in [0, 0.1) is 0 Å². The SMILES string of the molecule is COCCN1CCN(C(=O)NCc2nc3ccccc3n2C)CC1. The van der Waals surface area contributed by atoms with Crippen molar-refractivity contribution in [1.82, 2.24) is 24.7 Å². The third-order valence-corrected chi connectivity index (χ3v) is 4.55. The van der Waals surface area contributed by atoms with Gasteiger partial charge in [0.05, 0.1) is 24.2 Å². The van der Waals surface area contributed by atoms with Gasteiger partial charge in [-0.3, -0.25) is 4.90 Å². The fourth-order valence-corrected chi connectivity index (χ4v) is 3.01. The second-order valence-electron chi connectivity index (χ2n) is 6.06. The van der Waals surface area contributed by atoms with Crippen molar-refractivity contribution in [3.8, 4) is 0 Å². The van der Waals surface area contributed by atoms with E-state index >= 15 is 0 Å². The molecule has 1 aromatic carbocycles. The zero-order valence-electron chi connectivity index (χ0n) is 14.4. The van der Waals surface area contributed by atoms with Crippen molar-refractivity contribution in [3.63, 3.8) is 0 Å². The van der Waals surface area contributed by atoms with Crippen LogP contribution < -0.4 is 5.32 Å². The third kappa shape index (κ3) is 3.68. The average molecular weight is 331 g/mol. The molecule has 7 heteroatoms. The lowest BCUT2D eigenvalue weighted by Crippen LogP contribution is -2.52. The molecule has 24 heavy (non-hydrogen) atoms. The van der Waals surface area contributed by atoms with E-state index in [9.17, 15) is 4.79 Å². The molecule has 2 amide bonds. The van der Waals surface area contributed by atoms with Crippen molar-refractivity contribution in [2.24, 2.45) is 7.05 Å². The lowest BCUT2D eigenvalue weighted by molar-refractivity contribution is 0.106. The number of carbonyl (C=O) groups excluding carboxylic acids is 1. The van der Waals surface area contributed by atoms with E-state index < -0.39 is 0 Å². The Labute approximate surface area is 142 Å². The van der Waals surface area contributed by atoms with Gasteiger partial charge in [0.15, 0.2) is 0 Å². The Morgan fingerprint density at radius 1 is 1.25 bits per heavy atom. The predicted molar refractivity (Wildman–Crippen MR) is 92.8 cm³/mol. The molecular weight excluding hydrogens is 306 g/mol. The molecule has 0 spiro atoms. The number of hydrogen-bond donors (Lipinski definition) is 1. The Morgan fingerprint density at radius 3 is 2.71 bits per heavy atom. The Kier molecular flexibility index (Phi) is 5.32. The van der Waals surface area contributed by atoms with Gasteiger partial charge in [-0.25, -0.2) is 9.78 Å². The zero-order chi connectivity index (χ0) is 16.9. The second kappa shape index (κ2) is 7.63. The van der Waals surface area contributed by atoms with Crippen molar-refractivity contribution in [3.05, 3.63) is 30.1 Å². The van der Waals surface area contributed by atoms with Gasteiger partial charge in [-0.15, -0.1) is 0 Å². The number of nitrogens with one attached hydrogen (secondary N) is 1. The standard InChI is InChI=1S/C17H25N5O2/c1-20-15-6-4-3-5-14(15)19-16(20)13-18-17(23)22-9-7-21(8-10-22)11-12-24-2/h3-6H,7-13H2,1-2H3,(H,18,23). The van der Waals surface area contributed by atoms with E-state index in [4.69, 9.17) is 4.74 Å². The fraction of sp³-hybridized carbons (Fsp3) is 0.529. The highest BCUT2D eigenvalue weighted by molar-refractivity contribution is 5.76. The number of amides is 2. The summed E-state index contributed by atoms with van der Waals surface area (Å²) in [6.45, 7) is 5.38. The third-order valence-electron chi connectivity index (χ3n) is 4.55. The first kappa shape index (κ1) is 16.7. The number of benzene rings is 1. The number of rotatable bonds is 5. The molecule has 0 unspecified atom stereocenters. The van der Waals surface area contributed by atoms with Crippen LogP contribution in [0.3, 0.4) is 0 Å². The molecule has 0 atom stereocenters. The molecule has 1 saturated heterocycles. The van der Waals surface area contributed by atoms with Gasteiger partial charge in [-0.2, -0.15) is 0 Å². The van der Waals surface area contributed by atoms with Gasteiger partial charge in [-0.05, 0) is 12.1 Å². The first-order valence-electron chi connectivity index (χ1n) is 8.33. The summed E-state index contributed by atoms with van der Waals surface area (Å²) in [5.74, 6) is 0.864. The highest BCUT2D eigenvalue weighted by Crippen LogP contribution is 2.14. The van der Waals surface area contributed by atoms with E-state index in [0.29, 0.717) is 6.54 Å². The number of aryl methyl sites for hydroxylation is 1. The van der Waals surface area contributed by atoms with Crippen LogP contribution >= 0.6 is 0 Å². The van der Waals surface area contributed by atoms with Crippen LogP contribution in [0.4, 0.5) is 4.79 Å². The molecule has 7 nitrogen and oxygen atoms in total. The summed E-state index contributed by atoms with van der Waals surface area (Å²) in [5, 5.41) is 2.99. The normalized spacial score (nSPS) is 15.8. The summed E-state index contributed by atoms with van der Waals surface area (Å²) in [5.41, 5.74) is 2.03. The number of methoxy groups -OCH3 is 1. The largest absolute Gasteiger partial charge is 0.383 e. The number of para-hydroxylation sites is 2. The molecule has 0 bridgehead atoms. The maximum absolute atomic E-state index is 12.4. The van der Waals surface area contributed by atoms with Crippen LogP contribution in [0.25, 0.3) is 11.0 Å². The number of imidazole rings is 1. The predicted octanol–water partition coefficient (Wildman–Crippen LogP) is 1.05. The van der Waals surface area contributed by atoms with Crippen LogP contribution in [-0.2, 0) is 18.3 Å². The minimum absolute atomic E-state index is 0.0200. The van der Waals surface area contributed by atoms with Gasteiger partial charge in [0.25, 0.3) is 0 Å². The lowest BCUT2D eigenvalue weighted by Gasteiger charge is -2.34. The number of carbonyl (C=O) groups is 1. The molecular formula is C17H25N5O2. The number of ether oxygens (including phenoxy) is 1. The molecule has 0 aliphatic carbocycles. The molecule has 1 aromatic heterocycles. The molecule has 2 aromatic rings. The Balaban J connectivity index is 1.51. The highest BCUT2D eigenvalue weighted by Gasteiger charge is 2.21. The lowest BCUT2D eigenvalue weighted by atomic mass is 10.3. The molecule has 3 rings (SSSR count). The van der Waals surface area contributed by atoms with Crippen LogP contribution in [0.15, 0.2) is 24.3 Å². The van der Waals surface area contributed by atoms with Crippen LogP contribution in [-0.4, -0.2) is 71.8 Å². The number of aromatic nitrogens is 2. The van der Waals surface area contributed by atoms with Gasteiger partial charge in [0, 0.05) is 46.9 Å². The fourth-order valence-electron chi connectivity index (χ4n) is 3.01. The van der Waals surface area contributed by atoms with Gasteiger partial charge >= 0.3 is 6.03 Å². The van der Waals surface area contributed by atoms with E-state index in [2.05, 4.69) is 15.2 Å². The van der Waals surface area contributed by atoms with E-state index in [0.717, 1.165) is 56.2 Å². The number of fused-ring (bicyclic) bond motifs is 1. The summed E-state index contributed by atoms with van der Waals surface area (Å²) in [6.07, 6.45) is 0. The quantitative estimate of drug-likeness (QED) is 0.889. The molecule has 2 heterocycles. The summed E-state index contributed by atoms with van der Waals surface area (Å²) in [7, 11) is 3.69. The number of hydrogen-bond acceptors (Lipinski definition) is 4. The summed E-state index contributed by atoms with van der Waals surface area (Å²) in [4.78, 5) is 21.1. The molecule has 0 radical (unpaired) electrons. The van der Waals surface area contributed by atoms with E-state index in [-0.39, 0.29) is 6.03 Å². The van der Waals surface area contributed by atoms with Gasteiger partial charge in [0.2, 0.25) is 0 Å². The first-order chi connectivity index (χ1) is 11.7. The van der Waals surface area contributed by atoms with Gasteiger partial charge in [0.1, 0.15) is 5.82 Å². The minimum atomic E-state index is -0.0200. The van der Waals surface area contributed by atoms with E-state index in [1.807, 2.05) is 40.8 Å². The maximum atomic E-state index is 12.4. The summed E-state index contributed by atoms with van der Waals surface area (Å²) in [6, 6.07) is 7.97. The monoisotopic (exact) mass is 331 g/mol. The van der Waals surface area contributed by atoms with Gasteiger partial charge < -0.3 is 19.5 Å². The molecule has 1 aliphatic heterocycles. The summed E-state index contributed by atoms with van der Waals surface area (Å²) >= 11 is 0. The number of urea groups is 1. The molecule has 1 fully saturated rings. The number of nitrogens with zero attached hydrogens (tertiary/aromatic N) is 4.